The Morgan fingerprint density at radius 2 is 2.04 bits per heavy atom. The second-order valence-corrected chi connectivity index (χ2v) is 6.80. The van der Waals surface area contributed by atoms with Crippen LogP contribution in [0.1, 0.15) is 17.5 Å². The molecule has 0 radical (unpaired) electrons. The standard InChI is InChI=1S/C20H21ClN2O4/c1-23(11-14-9-15(21)4-7-18(14)26-2)20(25)12-27-16-5-6-17-13(10-16)3-8-19(24)22-17/h4-7,9-10H,3,8,11-12H2,1-2H3,(H,22,24). The highest BCUT2D eigenvalue weighted by Gasteiger charge is 2.17. The van der Waals surface area contributed by atoms with Crippen molar-refractivity contribution in [1.82, 2.24) is 4.90 Å². The highest BCUT2D eigenvalue weighted by molar-refractivity contribution is 6.30. The average Bonchev–Trinajstić information content (AvgIpc) is 2.66. The quantitative estimate of drug-likeness (QED) is 0.824. The number of halogens is 1. The van der Waals surface area contributed by atoms with Gasteiger partial charge in [-0.2, -0.15) is 0 Å². The van der Waals surface area contributed by atoms with Gasteiger partial charge in [-0.1, -0.05) is 11.6 Å². The third-order valence-electron chi connectivity index (χ3n) is 4.41. The number of methoxy groups -OCH3 is 1. The molecule has 1 heterocycles. The van der Waals surface area contributed by atoms with E-state index < -0.39 is 0 Å². The second-order valence-electron chi connectivity index (χ2n) is 6.36. The van der Waals surface area contributed by atoms with Crippen LogP contribution in [0.4, 0.5) is 5.69 Å². The molecule has 2 amide bonds. The van der Waals surface area contributed by atoms with Crippen LogP contribution in [0.3, 0.4) is 0 Å². The summed E-state index contributed by atoms with van der Waals surface area (Å²) in [5, 5.41) is 3.41. The first kappa shape index (κ1) is 19.0. The number of fused-ring (bicyclic) bond motifs is 1. The van der Waals surface area contributed by atoms with Gasteiger partial charge in [0.15, 0.2) is 6.61 Å². The lowest BCUT2D eigenvalue weighted by molar-refractivity contribution is -0.132. The summed E-state index contributed by atoms with van der Waals surface area (Å²) in [6, 6.07) is 10.7. The van der Waals surface area contributed by atoms with Crippen LogP contribution in [-0.2, 0) is 22.6 Å². The molecular weight excluding hydrogens is 368 g/mol. The molecule has 0 atom stereocenters. The first-order valence-electron chi connectivity index (χ1n) is 8.58. The van der Waals surface area contributed by atoms with E-state index in [4.69, 9.17) is 21.1 Å². The molecule has 0 fully saturated rings. The molecule has 3 rings (SSSR count). The maximum absolute atomic E-state index is 12.4. The number of rotatable bonds is 6. The zero-order valence-electron chi connectivity index (χ0n) is 15.3. The van der Waals surface area contributed by atoms with Crippen molar-refractivity contribution in [2.24, 2.45) is 0 Å². The van der Waals surface area contributed by atoms with E-state index in [0.29, 0.717) is 35.9 Å². The van der Waals surface area contributed by atoms with Gasteiger partial charge in [0.1, 0.15) is 11.5 Å². The van der Waals surface area contributed by atoms with Crippen LogP contribution < -0.4 is 14.8 Å². The van der Waals surface area contributed by atoms with Crippen molar-refractivity contribution in [3.63, 3.8) is 0 Å². The molecular formula is C20H21ClN2O4. The van der Waals surface area contributed by atoms with Crippen molar-refractivity contribution < 1.29 is 19.1 Å². The number of benzene rings is 2. The third-order valence-corrected chi connectivity index (χ3v) is 4.65. The highest BCUT2D eigenvalue weighted by atomic mass is 35.5. The van der Waals surface area contributed by atoms with E-state index in [0.717, 1.165) is 16.8 Å². The predicted octanol–water partition coefficient (Wildman–Crippen LogP) is 3.27. The first-order valence-corrected chi connectivity index (χ1v) is 8.96. The van der Waals surface area contributed by atoms with E-state index in [1.54, 1.807) is 49.4 Å². The third kappa shape index (κ3) is 4.71. The number of ether oxygens (including phenoxy) is 2. The summed E-state index contributed by atoms with van der Waals surface area (Å²) >= 11 is 6.04. The van der Waals surface area contributed by atoms with Gasteiger partial charge in [0, 0.05) is 36.3 Å². The minimum atomic E-state index is -0.164. The number of likely N-dealkylation sites (N-methyl/N-ethyl adjacent to an activating group) is 1. The topological polar surface area (TPSA) is 67.9 Å². The van der Waals surface area contributed by atoms with Gasteiger partial charge in [0.25, 0.3) is 5.91 Å². The molecule has 0 bridgehead atoms. The van der Waals surface area contributed by atoms with Gasteiger partial charge >= 0.3 is 0 Å². The number of hydrogen-bond donors (Lipinski definition) is 1. The summed E-state index contributed by atoms with van der Waals surface area (Å²) in [7, 11) is 3.28. The van der Waals surface area contributed by atoms with E-state index in [9.17, 15) is 9.59 Å². The van der Waals surface area contributed by atoms with E-state index in [1.807, 2.05) is 6.07 Å². The van der Waals surface area contributed by atoms with Crippen LogP contribution in [0.2, 0.25) is 5.02 Å². The summed E-state index contributed by atoms with van der Waals surface area (Å²) in [6.45, 7) is 0.284. The lowest BCUT2D eigenvalue weighted by atomic mass is 10.0. The Kier molecular flexibility index (Phi) is 5.86. The number of carbonyl (C=O) groups excluding carboxylic acids is 2. The number of nitrogens with zero attached hydrogens (tertiary/aromatic N) is 1. The molecule has 6 nitrogen and oxygen atoms in total. The normalized spacial score (nSPS) is 12.8. The molecule has 2 aromatic carbocycles. The second kappa shape index (κ2) is 8.31. The molecule has 0 saturated carbocycles. The maximum Gasteiger partial charge on any atom is 0.260 e. The number of hydrogen-bond acceptors (Lipinski definition) is 4. The summed E-state index contributed by atoms with van der Waals surface area (Å²) in [6.07, 6.45) is 1.13. The number of aryl methyl sites for hydroxylation is 1. The molecule has 2 aromatic rings. The lowest BCUT2D eigenvalue weighted by Crippen LogP contribution is -2.31. The Morgan fingerprint density at radius 3 is 2.81 bits per heavy atom. The molecule has 0 aliphatic carbocycles. The Hall–Kier alpha value is -2.73. The Balaban J connectivity index is 1.59. The highest BCUT2D eigenvalue weighted by Crippen LogP contribution is 2.27. The van der Waals surface area contributed by atoms with Gasteiger partial charge in [-0.25, -0.2) is 0 Å². The summed E-state index contributed by atoms with van der Waals surface area (Å²) in [4.78, 5) is 25.4. The summed E-state index contributed by atoms with van der Waals surface area (Å²) < 4.78 is 11.0. The van der Waals surface area contributed by atoms with Crippen molar-refractivity contribution in [3.05, 3.63) is 52.5 Å². The van der Waals surface area contributed by atoms with Crippen molar-refractivity contribution in [2.75, 3.05) is 26.1 Å². The Morgan fingerprint density at radius 1 is 1.22 bits per heavy atom. The van der Waals surface area contributed by atoms with Gasteiger partial charge in [-0.3, -0.25) is 9.59 Å². The molecule has 1 aliphatic rings. The van der Waals surface area contributed by atoms with Crippen molar-refractivity contribution in [3.8, 4) is 11.5 Å². The number of nitrogens with one attached hydrogen (secondary N) is 1. The molecule has 7 heteroatoms. The van der Waals surface area contributed by atoms with E-state index in [-0.39, 0.29) is 18.4 Å². The van der Waals surface area contributed by atoms with Crippen molar-refractivity contribution in [1.29, 1.82) is 0 Å². The fourth-order valence-corrected chi connectivity index (χ4v) is 3.11. The largest absolute Gasteiger partial charge is 0.496 e. The van der Waals surface area contributed by atoms with Crippen molar-refractivity contribution in [2.45, 2.75) is 19.4 Å². The number of amides is 2. The monoisotopic (exact) mass is 388 g/mol. The van der Waals surface area contributed by atoms with E-state index in [1.165, 1.54) is 0 Å². The average molecular weight is 389 g/mol. The lowest BCUT2D eigenvalue weighted by Gasteiger charge is -2.20. The Labute approximate surface area is 163 Å². The molecule has 0 spiro atoms. The van der Waals surface area contributed by atoms with E-state index >= 15 is 0 Å². The first-order chi connectivity index (χ1) is 13.0. The predicted molar refractivity (Wildman–Crippen MR) is 103 cm³/mol. The van der Waals surface area contributed by atoms with Gasteiger partial charge in [0.05, 0.1) is 7.11 Å². The smallest absolute Gasteiger partial charge is 0.260 e. The van der Waals surface area contributed by atoms with Gasteiger partial charge in [0.2, 0.25) is 5.91 Å². The fourth-order valence-electron chi connectivity index (χ4n) is 2.92. The number of anilines is 1. The van der Waals surface area contributed by atoms with Crippen LogP contribution >= 0.6 is 11.6 Å². The maximum atomic E-state index is 12.4. The molecule has 142 valence electrons. The molecule has 1 aliphatic heterocycles. The molecule has 27 heavy (non-hydrogen) atoms. The SMILES string of the molecule is COc1ccc(Cl)cc1CN(C)C(=O)COc1ccc2c(c1)CCC(=O)N2. The Bertz CT molecular complexity index is 869. The molecule has 0 aromatic heterocycles. The van der Waals surface area contributed by atoms with Crippen LogP contribution in [-0.4, -0.2) is 37.5 Å². The zero-order valence-corrected chi connectivity index (χ0v) is 16.0. The van der Waals surface area contributed by atoms with Gasteiger partial charge in [-0.05, 0) is 48.4 Å². The minimum absolute atomic E-state index is 0.0180. The van der Waals surface area contributed by atoms with Crippen LogP contribution in [0.25, 0.3) is 0 Å². The zero-order chi connectivity index (χ0) is 19.4. The van der Waals surface area contributed by atoms with Gasteiger partial charge < -0.3 is 19.7 Å². The van der Waals surface area contributed by atoms with Crippen LogP contribution in [0.5, 0.6) is 11.5 Å². The summed E-state index contributed by atoms with van der Waals surface area (Å²) in [5.74, 6) is 1.14. The van der Waals surface area contributed by atoms with Crippen LogP contribution in [0.15, 0.2) is 36.4 Å². The number of carbonyl (C=O) groups is 2. The fraction of sp³-hybridized carbons (Fsp3) is 0.300. The van der Waals surface area contributed by atoms with E-state index in [2.05, 4.69) is 5.32 Å². The minimum Gasteiger partial charge on any atom is -0.496 e. The summed E-state index contributed by atoms with van der Waals surface area (Å²) in [5.41, 5.74) is 2.64. The van der Waals surface area contributed by atoms with Crippen molar-refractivity contribution >= 4 is 29.1 Å². The molecule has 1 N–H and O–H groups in total. The van der Waals surface area contributed by atoms with Gasteiger partial charge in [-0.15, -0.1) is 0 Å². The molecule has 0 saturated heterocycles. The van der Waals surface area contributed by atoms with Crippen LogP contribution in [0, 0.1) is 0 Å². The molecule has 0 unspecified atom stereocenters.